The number of hydrogen-bond donors (Lipinski definition) is 0. The highest BCUT2D eigenvalue weighted by molar-refractivity contribution is 5.71. The van der Waals surface area contributed by atoms with Gasteiger partial charge in [-0.3, -0.25) is 14.4 Å². The van der Waals surface area contributed by atoms with E-state index in [-0.39, 0.29) is 31.1 Å². The van der Waals surface area contributed by atoms with Crippen LogP contribution in [-0.2, 0) is 28.6 Å². The highest BCUT2D eigenvalue weighted by atomic mass is 16.6. The molecule has 0 rings (SSSR count). The fraction of sp³-hybridized carbons (Fsp3) is 0.945. The van der Waals surface area contributed by atoms with Crippen LogP contribution in [0, 0.1) is 5.92 Å². The van der Waals surface area contributed by atoms with E-state index in [0.717, 1.165) is 63.7 Å². The molecule has 0 radical (unpaired) electrons. The lowest BCUT2D eigenvalue weighted by Crippen LogP contribution is -2.30. The number of carbonyl (C=O) groups is 3. The van der Waals surface area contributed by atoms with E-state index in [1.165, 1.54) is 205 Å². The van der Waals surface area contributed by atoms with Gasteiger partial charge in [0.2, 0.25) is 0 Å². The van der Waals surface area contributed by atoms with Gasteiger partial charge in [0, 0.05) is 19.3 Å². The van der Waals surface area contributed by atoms with Crippen molar-refractivity contribution in [1.29, 1.82) is 0 Å². The van der Waals surface area contributed by atoms with Gasteiger partial charge in [0.25, 0.3) is 0 Å². The molecule has 0 aliphatic rings. The summed E-state index contributed by atoms with van der Waals surface area (Å²) in [5, 5.41) is 0. The Morgan fingerprint density at radius 2 is 0.541 bits per heavy atom. The fourth-order valence-electron chi connectivity index (χ4n) is 8.39. The third kappa shape index (κ3) is 49.3. The summed E-state index contributed by atoms with van der Waals surface area (Å²) in [5.41, 5.74) is 0. The number of carbonyl (C=O) groups excluding carboxylic acids is 3. The topological polar surface area (TPSA) is 78.9 Å². The molecule has 0 aromatic heterocycles. The molecule has 0 aliphatic heterocycles. The van der Waals surface area contributed by atoms with E-state index in [1.807, 2.05) is 0 Å². The minimum atomic E-state index is -0.760. The van der Waals surface area contributed by atoms with E-state index in [9.17, 15) is 14.4 Å². The maximum Gasteiger partial charge on any atom is 0.306 e. The smallest absolute Gasteiger partial charge is 0.306 e. The highest BCUT2D eigenvalue weighted by Gasteiger charge is 2.19. The minimum Gasteiger partial charge on any atom is -0.462 e. The molecule has 0 spiro atoms. The second kappa shape index (κ2) is 49.4. The van der Waals surface area contributed by atoms with Gasteiger partial charge in [-0.1, -0.05) is 272 Å². The summed E-state index contributed by atoms with van der Waals surface area (Å²) >= 11 is 0. The molecular weight excluding hydrogens is 757 g/mol. The van der Waals surface area contributed by atoms with Crippen molar-refractivity contribution >= 4 is 17.9 Å². The Bertz CT molecular complexity index is 918. The summed E-state index contributed by atoms with van der Waals surface area (Å²) in [6.07, 6.45) is 52.3. The van der Waals surface area contributed by atoms with Crippen molar-refractivity contribution in [2.45, 2.75) is 316 Å². The van der Waals surface area contributed by atoms with Crippen LogP contribution in [0.4, 0.5) is 0 Å². The predicted octanol–water partition coefficient (Wildman–Crippen LogP) is 17.8. The van der Waals surface area contributed by atoms with Gasteiger partial charge < -0.3 is 14.2 Å². The monoisotopic (exact) mass is 863 g/mol. The van der Waals surface area contributed by atoms with E-state index in [2.05, 4.69) is 27.7 Å². The first kappa shape index (κ1) is 59.4. The van der Waals surface area contributed by atoms with Gasteiger partial charge in [0.15, 0.2) is 6.10 Å². The Hall–Kier alpha value is -1.59. The van der Waals surface area contributed by atoms with Crippen molar-refractivity contribution in [3.05, 3.63) is 0 Å². The Morgan fingerprint density at radius 1 is 0.311 bits per heavy atom. The van der Waals surface area contributed by atoms with E-state index in [4.69, 9.17) is 14.2 Å². The molecule has 0 aromatic carbocycles. The number of rotatable bonds is 50. The third-order valence-electron chi connectivity index (χ3n) is 12.5. The molecule has 0 amide bonds. The summed E-state index contributed by atoms with van der Waals surface area (Å²) in [5.74, 6) is 0.00491. The molecule has 0 N–H and O–H groups in total. The standard InChI is InChI=1S/C55H106O6/c1-5-7-9-11-13-15-17-18-19-24-28-32-36-40-44-48-55(58)61-52(49-59-53(56)46-42-38-34-30-25-16-14-12-10-8-6-2)50-60-54(57)47-43-39-35-31-27-23-21-20-22-26-29-33-37-41-45-51(3)4/h51-52H,5-50H2,1-4H3/t52-/m0/s1. The van der Waals surface area contributed by atoms with Gasteiger partial charge in [0.1, 0.15) is 13.2 Å². The molecule has 0 aliphatic carbocycles. The van der Waals surface area contributed by atoms with Crippen LogP contribution in [0.25, 0.3) is 0 Å². The molecule has 0 saturated carbocycles. The summed E-state index contributed by atoms with van der Waals surface area (Å²) < 4.78 is 16.8. The van der Waals surface area contributed by atoms with Gasteiger partial charge in [0.05, 0.1) is 0 Å². The molecule has 0 bridgehead atoms. The Morgan fingerprint density at radius 3 is 0.803 bits per heavy atom. The average molecular weight is 863 g/mol. The first-order chi connectivity index (χ1) is 29.9. The van der Waals surface area contributed by atoms with E-state index in [1.54, 1.807) is 0 Å². The van der Waals surface area contributed by atoms with Crippen LogP contribution < -0.4 is 0 Å². The molecule has 0 fully saturated rings. The van der Waals surface area contributed by atoms with Crippen LogP contribution in [0.2, 0.25) is 0 Å². The number of hydrogen-bond acceptors (Lipinski definition) is 6. The van der Waals surface area contributed by atoms with Crippen molar-refractivity contribution in [1.82, 2.24) is 0 Å². The summed E-state index contributed by atoms with van der Waals surface area (Å²) in [6, 6.07) is 0. The predicted molar refractivity (Wildman–Crippen MR) is 261 cm³/mol. The van der Waals surface area contributed by atoms with Crippen LogP contribution in [-0.4, -0.2) is 37.2 Å². The number of ether oxygens (including phenoxy) is 3. The largest absolute Gasteiger partial charge is 0.462 e. The Labute approximate surface area is 380 Å². The normalized spacial score (nSPS) is 12.0. The van der Waals surface area contributed by atoms with Crippen molar-refractivity contribution in [3.8, 4) is 0 Å². The minimum absolute atomic E-state index is 0.0622. The molecule has 6 nitrogen and oxygen atoms in total. The van der Waals surface area contributed by atoms with Crippen LogP contribution in [0.1, 0.15) is 310 Å². The van der Waals surface area contributed by atoms with E-state index >= 15 is 0 Å². The highest BCUT2D eigenvalue weighted by Crippen LogP contribution is 2.17. The summed E-state index contributed by atoms with van der Waals surface area (Å²) in [4.78, 5) is 38.0. The lowest BCUT2D eigenvalue weighted by atomic mass is 10.0. The van der Waals surface area contributed by atoms with Crippen molar-refractivity contribution in [3.63, 3.8) is 0 Å². The zero-order valence-corrected chi connectivity index (χ0v) is 41.6. The summed E-state index contributed by atoms with van der Waals surface area (Å²) in [6.45, 7) is 9.05. The zero-order chi connectivity index (χ0) is 44.5. The van der Waals surface area contributed by atoms with Crippen LogP contribution >= 0.6 is 0 Å². The van der Waals surface area contributed by atoms with Gasteiger partial charge in [-0.25, -0.2) is 0 Å². The van der Waals surface area contributed by atoms with Gasteiger partial charge in [-0.05, 0) is 25.2 Å². The van der Waals surface area contributed by atoms with Crippen LogP contribution in [0.3, 0.4) is 0 Å². The molecule has 0 unspecified atom stereocenters. The second-order valence-electron chi connectivity index (χ2n) is 19.3. The fourth-order valence-corrected chi connectivity index (χ4v) is 8.39. The third-order valence-corrected chi connectivity index (χ3v) is 12.5. The maximum atomic E-state index is 12.8. The van der Waals surface area contributed by atoms with Crippen LogP contribution in [0.5, 0.6) is 0 Å². The number of unbranched alkanes of at least 4 members (excludes halogenated alkanes) is 37. The molecule has 0 heterocycles. The first-order valence-corrected chi connectivity index (χ1v) is 27.4. The van der Waals surface area contributed by atoms with Crippen molar-refractivity contribution in [2.24, 2.45) is 5.92 Å². The quantitative estimate of drug-likeness (QED) is 0.0344. The molecule has 0 aromatic rings. The number of esters is 3. The SMILES string of the molecule is CCCCCCCCCCCCCCCCCC(=O)O[C@@H](COC(=O)CCCCCCCCCCCCC)COC(=O)CCCCCCCCCCCCCCCCC(C)C. The first-order valence-electron chi connectivity index (χ1n) is 27.4. The van der Waals surface area contributed by atoms with Crippen molar-refractivity contribution in [2.75, 3.05) is 13.2 Å². The summed E-state index contributed by atoms with van der Waals surface area (Å²) in [7, 11) is 0. The van der Waals surface area contributed by atoms with E-state index in [0.29, 0.717) is 19.3 Å². The maximum absolute atomic E-state index is 12.8. The van der Waals surface area contributed by atoms with Gasteiger partial charge >= 0.3 is 17.9 Å². The Kier molecular flexibility index (Phi) is 48.1. The lowest BCUT2D eigenvalue weighted by Gasteiger charge is -2.18. The molecule has 1 atom stereocenters. The molecular formula is C55H106O6. The van der Waals surface area contributed by atoms with Crippen LogP contribution in [0.15, 0.2) is 0 Å². The van der Waals surface area contributed by atoms with E-state index < -0.39 is 6.10 Å². The Balaban J connectivity index is 4.27. The zero-order valence-electron chi connectivity index (χ0n) is 41.6. The second-order valence-corrected chi connectivity index (χ2v) is 19.3. The molecule has 0 saturated heterocycles. The van der Waals surface area contributed by atoms with Crippen molar-refractivity contribution < 1.29 is 28.6 Å². The molecule has 362 valence electrons. The molecule has 6 heteroatoms. The lowest BCUT2D eigenvalue weighted by molar-refractivity contribution is -0.167. The molecule has 61 heavy (non-hydrogen) atoms. The van der Waals surface area contributed by atoms with Gasteiger partial charge in [-0.2, -0.15) is 0 Å². The van der Waals surface area contributed by atoms with Gasteiger partial charge in [-0.15, -0.1) is 0 Å². The average Bonchev–Trinajstić information content (AvgIpc) is 3.24.